The van der Waals surface area contributed by atoms with Gasteiger partial charge in [0.15, 0.2) is 5.82 Å². The highest BCUT2D eigenvalue weighted by Crippen LogP contribution is 2.07. The number of halogens is 1. The largest absolute Gasteiger partial charge is 0.306 e. The number of hydrogen-bond donors (Lipinski definition) is 2. The maximum atomic E-state index is 12.9. The fourth-order valence-electron chi connectivity index (χ4n) is 1.43. The zero-order valence-electron chi connectivity index (χ0n) is 9.77. The third kappa shape index (κ3) is 3.28. The molecule has 2 rings (SSSR count). The summed E-state index contributed by atoms with van der Waals surface area (Å²) in [5.74, 6) is -0.187. The van der Waals surface area contributed by atoms with Crippen molar-refractivity contribution < 1.29 is 9.18 Å². The predicted molar refractivity (Wildman–Crippen MR) is 67.4 cm³/mol. The van der Waals surface area contributed by atoms with E-state index in [9.17, 15) is 9.18 Å². The number of benzene rings is 1. The minimum atomic E-state index is -0.333. The third-order valence-corrected chi connectivity index (χ3v) is 2.23. The molecule has 1 aromatic heterocycles. The number of carbonyl (C=O) groups excluding carboxylic acids is 1. The molecule has 0 aliphatic rings. The van der Waals surface area contributed by atoms with E-state index in [-0.39, 0.29) is 11.7 Å². The molecule has 0 unspecified atom stereocenters. The Morgan fingerprint density at radius 2 is 2.28 bits per heavy atom. The Bertz CT molecular complexity index is 589. The molecule has 1 heterocycles. The molecule has 2 aromatic rings. The summed E-state index contributed by atoms with van der Waals surface area (Å²) in [6.07, 6.45) is 2.87. The SMILES string of the molecule is Cc1cc(NC(=O)/C=C/c2cccc(F)c2)n[nH]1. The Balaban J connectivity index is 1.99. The van der Waals surface area contributed by atoms with E-state index >= 15 is 0 Å². The van der Waals surface area contributed by atoms with E-state index in [1.807, 2.05) is 6.92 Å². The molecule has 0 radical (unpaired) electrons. The molecule has 18 heavy (non-hydrogen) atoms. The average molecular weight is 245 g/mol. The Labute approximate surface area is 104 Å². The van der Waals surface area contributed by atoms with Gasteiger partial charge in [-0.3, -0.25) is 9.89 Å². The normalized spacial score (nSPS) is 10.8. The minimum absolute atomic E-state index is 0.314. The van der Waals surface area contributed by atoms with Gasteiger partial charge in [0.1, 0.15) is 5.82 Å². The highest BCUT2D eigenvalue weighted by atomic mass is 19.1. The molecule has 1 amide bonds. The van der Waals surface area contributed by atoms with Gasteiger partial charge in [-0.1, -0.05) is 12.1 Å². The Morgan fingerprint density at radius 3 is 2.94 bits per heavy atom. The van der Waals surface area contributed by atoms with E-state index in [4.69, 9.17) is 0 Å². The highest BCUT2D eigenvalue weighted by molar-refractivity contribution is 6.01. The number of nitrogens with one attached hydrogen (secondary N) is 2. The molecule has 1 aromatic carbocycles. The van der Waals surface area contributed by atoms with Crippen molar-refractivity contribution in [2.45, 2.75) is 6.92 Å². The molecule has 0 fully saturated rings. The maximum Gasteiger partial charge on any atom is 0.249 e. The first-order valence-corrected chi connectivity index (χ1v) is 5.40. The van der Waals surface area contributed by atoms with Crippen LogP contribution in [0.4, 0.5) is 10.2 Å². The Hall–Kier alpha value is -2.43. The number of carbonyl (C=O) groups is 1. The molecule has 0 saturated heterocycles. The van der Waals surface area contributed by atoms with Gasteiger partial charge in [-0.25, -0.2) is 4.39 Å². The zero-order chi connectivity index (χ0) is 13.0. The first-order valence-electron chi connectivity index (χ1n) is 5.40. The Kier molecular flexibility index (Phi) is 3.52. The van der Waals surface area contributed by atoms with Crippen LogP contribution in [-0.4, -0.2) is 16.1 Å². The molecule has 0 bridgehead atoms. The van der Waals surface area contributed by atoms with Crippen LogP contribution in [0.2, 0.25) is 0 Å². The van der Waals surface area contributed by atoms with Gasteiger partial charge in [0.05, 0.1) is 0 Å². The van der Waals surface area contributed by atoms with Crippen LogP contribution in [0.3, 0.4) is 0 Å². The summed E-state index contributed by atoms with van der Waals surface area (Å²) in [6, 6.07) is 7.72. The van der Waals surface area contributed by atoms with Crippen LogP contribution in [0.25, 0.3) is 6.08 Å². The van der Waals surface area contributed by atoms with Crippen molar-refractivity contribution in [3.8, 4) is 0 Å². The number of anilines is 1. The van der Waals surface area contributed by atoms with Gasteiger partial charge in [0, 0.05) is 17.8 Å². The molecule has 0 atom stereocenters. The van der Waals surface area contributed by atoms with Crippen molar-refractivity contribution in [1.82, 2.24) is 10.2 Å². The number of aromatic nitrogens is 2. The van der Waals surface area contributed by atoms with Crippen LogP contribution in [0.15, 0.2) is 36.4 Å². The summed E-state index contributed by atoms with van der Waals surface area (Å²) < 4.78 is 12.9. The number of aryl methyl sites for hydroxylation is 1. The molecule has 0 aliphatic heterocycles. The second-order valence-electron chi connectivity index (χ2n) is 3.81. The van der Waals surface area contributed by atoms with Crippen molar-refractivity contribution in [2.75, 3.05) is 5.32 Å². The molecule has 0 spiro atoms. The molecule has 0 aliphatic carbocycles. The average Bonchev–Trinajstić information content (AvgIpc) is 2.72. The van der Waals surface area contributed by atoms with Gasteiger partial charge in [-0.15, -0.1) is 0 Å². The first-order chi connectivity index (χ1) is 8.63. The molecular formula is C13H12FN3O. The molecule has 2 N–H and O–H groups in total. The van der Waals surface area contributed by atoms with Crippen LogP contribution in [0, 0.1) is 12.7 Å². The molecule has 0 saturated carbocycles. The summed E-state index contributed by atoms with van der Waals surface area (Å²) in [6.45, 7) is 1.84. The standard InChI is InChI=1S/C13H12FN3O/c1-9-7-12(17-16-9)15-13(18)6-5-10-3-2-4-11(14)8-10/h2-8H,1H3,(H2,15,16,17,18)/b6-5+. The molecular weight excluding hydrogens is 233 g/mol. The number of rotatable bonds is 3. The van der Waals surface area contributed by atoms with Crippen LogP contribution >= 0.6 is 0 Å². The van der Waals surface area contributed by atoms with Gasteiger partial charge in [0.2, 0.25) is 5.91 Å². The van der Waals surface area contributed by atoms with Gasteiger partial charge >= 0.3 is 0 Å². The smallest absolute Gasteiger partial charge is 0.249 e. The summed E-state index contributed by atoms with van der Waals surface area (Å²) in [5, 5.41) is 9.18. The van der Waals surface area contributed by atoms with E-state index in [0.29, 0.717) is 11.4 Å². The summed E-state index contributed by atoms with van der Waals surface area (Å²) >= 11 is 0. The molecule has 5 heteroatoms. The van der Waals surface area contributed by atoms with E-state index in [0.717, 1.165) is 5.69 Å². The van der Waals surface area contributed by atoms with Crippen molar-refractivity contribution >= 4 is 17.8 Å². The highest BCUT2D eigenvalue weighted by Gasteiger charge is 2.00. The van der Waals surface area contributed by atoms with Gasteiger partial charge in [0.25, 0.3) is 0 Å². The van der Waals surface area contributed by atoms with Crippen LogP contribution in [-0.2, 0) is 4.79 Å². The lowest BCUT2D eigenvalue weighted by Gasteiger charge is -1.96. The Morgan fingerprint density at radius 1 is 1.44 bits per heavy atom. The van der Waals surface area contributed by atoms with Crippen molar-refractivity contribution in [2.24, 2.45) is 0 Å². The molecule has 4 nitrogen and oxygen atoms in total. The van der Waals surface area contributed by atoms with Crippen molar-refractivity contribution in [3.63, 3.8) is 0 Å². The van der Waals surface area contributed by atoms with Crippen LogP contribution in [0.1, 0.15) is 11.3 Å². The lowest BCUT2D eigenvalue weighted by atomic mass is 10.2. The lowest BCUT2D eigenvalue weighted by molar-refractivity contribution is -0.111. The van der Waals surface area contributed by atoms with E-state index in [1.165, 1.54) is 24.3 Å². The summed E-state index contributed by atoms with van der Waals surface area (Å²) in [5.41, 5.74) is 1.49. The van der Waals surface area contributed by atoms with E-state index in [2.05, 4.69) is 15.5 Å². The van der Waals surface area contributed by atoms with Crippen LogP contribution in [0.5, 0.6) is 0 Å². The minimum Gasteiger partial charge on any atom is -0.306 e. The summed E-state index contributed by atoms with van der Waals surface area (Å²) in [7, 11) is 0. The van der Waals surface area contributed by atoms with Crippen molar-refractivity contribution in [3.05, 3.63) is 53.5 Å². The van der Waals surface area contributed by atoms with Gasteiger partial charge in [-0.05, 0) is 30.7 Å². The number of H-pyrrole nitrogens is 1. The maximum absolute atomic E-state index is 12.9. The number of nitrogens with zero attached hydrogens (tertiary/aromatic N) is 1. The van der Waals surface area contributed by atoms with Gasteiger partial charge < -0.3 is 5.32 Å². The second kappa shape index (κ2) is 5.27. The number of hydrogen-bond acceptors (Lipinski definition) is 2. The number of aromatic amines is 1. The van der Waals surface area contributed by atoms with Crippen LogP contribution < -0.4 is 5.32 Å². The third-order valence-electron chi connectivity index (χ3n) is 2.23. The number of amides is 1. The topological polar surface area (TPSA) is 57.8 Å². The second-order valence-corrected chi connectivity index (χ2v) is 3.81. The lowest BCUT2D eigenvalue weighted by Crippen LogP contribution is -2.07. The van der Waals surface area contributed by atoms with E-state index < -0.39 is 0 Å². The predicted octanol–water partition coefficient (Wildman–Crippen LogP) is 2.51. The van der Waals surface area contributed by atoms with Crippen molar-refractivity contribution in [1.29, 1.82) is 0 Å². The quantitative estimate of drug-likeness (QED) is 0.816. The fraction of sp³-hybridized carbons (Fsp3) is 0.0769. The summed E-state index contributed by atoms with van der Waals surface area (Å²) in [4.78, 5) is 11.5. The fourth-order valence-corrected chi connectivity index (χ4v) is 1.43. The van der Waals surface area contributed by atoms with Gasteiger partial charge in [-0.2, -0.15) is 5.10 Å². The monoisotopic (exact) mass is 245 g/mol. The van der Waals surface area contributed by atoms with E-state index in [1.54, 1.807) is 18.2 Å². The molecule has 92 valence electrons. The zero-order valence-corrected chi connectivity index (χ0v) is 9.77. The first kappa shape index (κ1) is 12.0.